The van der Waals surface area contributed by atoms with Gasteiger partial charge in [-0.25, -0.2) is 4.39 Å². The van der Waals surface area contributed by atoms with Gasteiger partial charge in [0.2, 0.25) is 0 Å². The van der Waals surface area contributed by atoms with Gasteiger partial charge in [-0.3, -0.25) is 14.8 Å². The average molecular weight is 415 g/mol. The Balaban J connectivity index is 1.30. The van der Waals surface area contributed by atoms with E-state index in [1.165, 1.54) is 18.3 Å². The van der Waals surface area contributed by atoms with E-state index in [4.69, 9.17) is 11.6 Å². The highest BCUT2D eigenvalue weighted by Gasteiger charge is 2.19. The molecule has 0 radical (unpaired) electrons. The van der Waals surface area contributed by atoms with Gasteiger partial charge in [-0.1, -0.05) is 11.6 Å². The minimum atomic E-state index is -0.423. The molecule has 4 heterocycles. The van der Waals surface area contributed by atoms with Gasteiger partial charge in [0.25, 0.3) is 5.56 Å². The minimum absolute atomic E-state index is 0.116. The molecule has 0 N–H and O–H groups in total. The van der Waals surface area contributed by atoms with Gasteiger partial charge in [-0.05, 0) is 62.9 Å². The number of pyridine rings is 3. The smallest absolute Gasteiger partial charge is 0.251 e. The van der Waals surface area contributed by atoms with Crippen LogP contribution in [0.1, 0.15) is 25.0 Å². The molecule has 0 amide bonds. The SMILES string of the molecule is O=c1ccc2ncc(F)cc2n1CCN1CCC(CCc2ccc(Cl)cn2)CC1. The number of fused-ring (bicyclic) bond motifs is 1. The zero-order valence-corrected chi connectivity index (χ0v) is 17.0. The fourth-order valence-corrected chi connectivity index (χ4v) is 4.13. The zero-order chi connectivity index (χ0) is 20.2. The predicted octanol–water partition coefficient (Wildman–Crippen LogP) is 3.93. The first-order chi connectivity index (χ1) is 14.1. The molecule has 0 spiro atoms. The molecule has 1 aliphatic heterocycles. The molecule has 3 aromatic rings. The van der Waals surface area contributed by atoms with Crippen LogP contribution in [0.4, 0.5) is 4.39 Å². The second kappa shape index (κ2) is 9.01. The Morgan fingerprint density at radius 2 is 1.90 bits per heavy atom. The molecule has 0 bridgehead atoms. The average Bonchev–Trinajstić information content (AvgIpc) is 2.73. The van der Waals surface area contributed by atoms with Crippen molar-refractivity contribution in [1.29, 1.82) is 0 Å². The summed E-state index contributed by atoms with van der Waals surface area (Å²) in [6, 6.07) is 8.43. The first-order valence-corrected chi connectivity index (χ1v) is 10.4. The van der Waals surface area contributed by atoms with Crippen LogP contribution in [0.5, 0.6) is 0 Å². The van der Waals surface area contributed by atoms with E-state index < -0.39 is 5.82 Å². The van der Waals surface area contributed by atoms with E-state index in [-0.39, 0.29) is 5.56 Å². The molecule has 1 saturated heterocycles. The molecule has 0 aliphatic carbocycles. The molecular formula is C22H24ClFN4O. The molecular weight excluding hydrogens is 391 g/mol. The Morgan fingerprint density at radius 3 is 2.66 bits per heavy atom. The maximum Gasteiger partial charge on any atom is 0.251 e. The van der Waals surface area contributed by atoms with Crippen LogP contribution in [0.3, 0.4) is 0 Å². The van der Waals surface area contributed by atoms with Gasteiger partial charge in [-0.15, -0.1) is 0 Å². The lowest BCUT2D eigenvalue weighted by Gasteiger charge is -2.32. The highest BCUT2D eigenvalue weighted by atomic mass is 35.5. The van der Waals surface area contributed by atoms with Gasteiger partial charge < -0.3 is 9.47 Å². The normalized spacial score (nSPS) is 15.8. The van der Waals surface area contributed by atoms with Crippen molar-refractivity contribution in [3.8, 4) is 0 Å². The van der Waals surface area contributed by atoms with Crippen molar-refractivity contribution >= 4 is 22.6 Å². The largest absolute Gasteiger partial charge is 0.305 e. The van der Waals surface area contributed by atoms with Crippen LogP contribution in [-0.4, -0.2) is 39.1 Å². The molecule has 0 atom stereocenters. The topological polar surface area (TPSA) is 51.0 Å². The van der Waals surface area contributed by atoms with Crippen molar-refractivity contribution in [2.24, 2.45) is 5.92 Å². The summed E-state index contributed by atoms with van der Waals surface area (Å²) in [6.07, 6.45) is 7.29. The number of hydrogen-bond acceptors (Lipinski definition) is 4. The highest BCUT2D eigenvalue weighted by molar-refractivity contribution is 6.30. The summed E-state index contributed by atoms with van der Waals surface area (Å²) in [6.45, 7) is 3.36. The van der Waals surface area contributed by atoms with Crippen LogP contribution in [0.15, 0.2) is 47.5 Å². The molecule has 7 heteroatoms. The van der Waals surface area contributed by atoms with Crippen molar-refractivity contribution in [2.45, 2.75) is 32.2 Å². The summed E-state index contributed by atoms with van der Waals surface area (Å²) in [7, 11) is 0. The van der Waals surface area contributed by atoms with E-state index in [1.807, 2.05) is 12.1 Å². The minimum Gasteiger partial charge on any atom is -0.305 e. The van der Waals surface area contributed by atoms with Crippen molar-refractivity contribution in [2.75, 3.05) is 19.6 Å². The van der Waals surface area contributed by atoms with E-state index in [1.54, 1.807) is 16.8 Å². The first kappa shape index (κ1) is 20.0. The third-order valence-corrected chi connectivity index (χ3v) is 5.97. The Morgan fingerprint density at radius 1 is 1.07 bits per heavy atom. The Kier molecular flexibility index (Phi) is 6.21. The number of halogens is 2. The molecule has 152 valence electrons. The van der Waals surface area contributed by atoms with Gasteiger partial charge in [0, 0.05) is 37.1 Å². The molecule has 5 nitrogen and oxygen atoms in total. The number of aromatic nitrogens is 3. The number of likely N-dealkylation sites (tertiary alicyclic amines) is 1. The molecule has 0 unspecified atom stereocenters. The van der Waals surface area contributed by atoms with Crippen LogP contribution in [0, 0.1) is 11.7 Å². The van der Waals surface area contributed by atoms with Crippen LogP contribution < -0.4 is 5.56 Å². The van der Waals surface area contributed by atoms with Crippen LogP contribution >= 0.6 is 11.6 Å². The van der Waals surface area contributed by atoms with Gasteiger partial charge >= 0.3 is 0 Å². The maximum atomic E-state index is 13.6. The van der Waals surface area contributed by atoms with Crippen LogP contribution in [0.2, 0.25) is 5.02 Å². The summed E-state index contributed by atoms with van der Waals surface area (Å²) in [5.41, 5.74) is 2.17. The summed E-state index contributed by atoms with van der Waals surface area (Å²) >= 11 is 5.89. The van der Waals surface area contributed by atoms with Crippen LogP contribution in [0.25, 0.3) is 11.0 Å². The third-order valence-electron chi connectivity index (χ3n) is 5.75. The monoisotopic (exact) mass is 414 g/mol. The lowest BCUT2D eigenvalue weighted by atomic mass is 9.91. The van der Waals surface area contributed by atoms with E-state index >= 15 is 0 Å². The zero-order valence-electron chi connectivity index (χ0n) is 16.2. The molecule has 1 aliphatic rings. The number of piperidine rings is 1. The summed E-state index contributed by atoms with van der Waals surface area (Å²) < 4.78 is 15.2. The van der Waals surface area contributed by atoms with Gasteiger partial charge in [-0.2, -0.15) is 0 Å². The van der Waals surface area contributed by atoms with Gasteiger partial charge in [0.15, 0.2) is 0 Å². The molecule has 0 aromatic carbocycles. The standard InChI is InChI=1S/C22H24ClFN4O/c23-17-2-4-19(25-14-17)3-1-16-7-9-27(10-8-16)11-12-28-21-13-18(24)15-26-20(21)5-6-22(28)29/h2,4-6,13-16H,1,3,7-12H2. The lowest BCUT2D eigenvalue weighted by molar-refractivity contribution is 0.174. The Hall–Kier alpha value is -2.31. The van der Waals surface area contributed by atoms with Crippen molar-refractivity contribution in [3.63, 3.8) is 0 Å². The Labute approximate surface area is 174 Å². The van der Waals surface area contributed by atoms with E-state index in [0.29, 0.717) is 28.5 Å². The fourth-order valence-electron chi connectivity index (χ4n) is 4.02. The summed E-state index contributed by atoms with van der Waals surface area (Å²) in [4.78, 5) is 23.1. The van der Waals surface area contributed by atoms with Crippen molar-refractivity contribution in [3.05, 3.63) is 69.6 Å². The molecule has 3 aromatic heterocycles. The predicted molar refractivity (Wildman–Crippen MR) is 113 cm³/mol. The number of aryl methyl sites for hydroxylation is 1. The number of nitrogens with zero attached hydrogens (tertiary/aromatic N) is 4. The second-order valence-corrected chi connectivity index (χ2v) is 8.11. The molecule has 0 saturated carbocycles. The molecule has 1 fully saturated rings. The van der Waals surface area contributed by atoms with E-state index in [9.17, 15) is 9.18 Å². The maximum absolute atomic E-state index is 13.6. The van der Waals surface area contributed by atoms with Gasteiger partial charge in [0.1, 0.15) is 5.82 Å². The fraction of sp³-hybridized carbons (Fsp3) is 0.409. The second-order valence-electron chi connectivity index (χ2n) is 7.67. The summed E-state index contributed by atoms with van der Waals surface area (Å²) in [5.74, 6) is 0.273. The Bertz CT molecular complexity index is 1030. The quantitative estimate of drug-likeness (QED) is 0.613. The van der Waals surface area contributed by atoms with E-state index in [0.717, 1.165) is 51.0 Å². The van der Waals surface area contributed by atoms with Crippen molar-refractivity contribution < 1.29 is 4.39 Å². The highest BCUT2D eigenvalue weighted by Crippen LogP contribution is 2.22. The third kappa shape index (κ3) is 5.00. The molecule has 4 rings (SSSR count). The summed E-state index contributed by atoms with van der Waals surface area (Å²) in [5, 5.41) is 0.672. The van der Waals surface area contributed by atoms with E-state index in [2.05, 4.69) is 14.9 Å². The van der Waals surface area contributed by atoms with Crippen LogP contribution in [-0.2, 0) is 13.0 Å². The number of rotatable bonds is 6. The number of hydrogen-bond donors (Lipinski definition) is 0. The first-order valence-electron chi connectivity index (χ1n) is 10.1. The van der Waals surface area contributed by atoms with Crippen molar-refractivity contribution in [1.82, 2.24) is 19.4 Å². The lowest BCUT2D eigenvalue weighted by Crippen LogP contribution is -2.37. The van der Waals surface area contributed by atoms with Gasteiger partial charge in [0.05, 0.1) is 22.3 Å². The molecule has 29 heavy (non-hydrogen) atoms.